The summed E-state index contributed by atoms with van der Waals surface area (Å²) in [5.41, 5.74) is 6.05. The Balaban J connectivity index is 0.00000361. The molecule has 0 aromatic carbocycles. The van der Waals surface area contributed by atoms with Crippen molar-refractivity contribution in [3.63, 3.8) is 0 Å². The van der Waals surface area contributed by atoms with Gasteiger partial charge in [0, 0.05) is 31.7 Å². The number of nitrogens with zero attached hydrogens (tertiary/aromatic N) is 3. The Morgan fingerprint density at radius 3 is 2.45 bits per heavy atom. The molecule has 0 bridgehead atoms. The molecule has 1 rings (SSSR count). The molecule has 0 aromatic rings. The van der Waals surface area contributed by atoms with Crippen LogP contribution in [0.2, 0.25) is 0 Å². The number of nitrogens with two attached hydrogens (primary N) is 1. The molecule has 1 aliphatic rings. The second-order valence-electron chi connectivity index (χ2n) is 5.79. The van der Waals surface area contributed by atoms with E-state index in [4.69, 9.17) is 10.5 Å². The molecule has 0 radical (unpaired) electrons. The van der Waals surface area contributed by atoms with Crippen molar-refractivity contribution in [2.24, 2.45) is 10.7 Å². The van der Waals surface area contributed by atoms with E-state index in [1.54, 1.807) is 0 Å². The van der Waals surface area contributed by atoms with Crippen LogP contribution < -0.4 is 5.73 Å². The van der Waals surface area contributed by atoms with E-state index < -0.39 is 0 Å². The second-order valence-corrected chi connectivity index (χ2v) is 5.79. The summed E-state index contributed by atoms with van der Waals surface area (Å²) in [6, 6.07) is 1.08. The number of guanidine groups is 1. The van der Waals surface area contributed by atoms with Gasteiger partial charge < -0.3 is 15.4 Å². The van der Waals surface area contributed by atoms with Crippen molar-refractivity contribution in [2.45, 2.75) is 52.8 Å². The average molecular weight is 398 g/mol. The van der Waals surface area contributed by atoms with Crippen molar-refractivity contribution in [2.75, 3.05) is 32.8 Å². The minimum atomic E-state index is 0. The number of aliphatic imine (C=N–C) groups is 1. The highest BCUT2D eigenvalue weighted by atomic mass is 127. The summed E-state index contributed by atoms with van der Waals surface area (Å²) >= 11 is 0. The smallest absolute Gasteiger partial charge is 0.191 e. The maximum absolute atomic E-state index is 6.05. The summed E-state index contributed by atoms with van der Waals surface area (Å²) in [6.07, 6.45) is 0.241. The van der Waals surface area contributed by atoms with Crippen molar-refractivity contribution < 1.29 is 4.74 Å². The second kappa shape index (κ2) is 9.78. The topological polar surface area (TPSA) is 54.1 Å². The van der Waals surface area contributed by atoms with Crippen LogP contribution in [0.25, 0.3) is 0 Å². The molecule has 1 atom stereocenters. The minimum Gasteiger partial charge on any atom is -0.375 e. The molecule has 1 heterocycles. The van der Waals surface area contributed by atoms with Gasteiger partial charge in [-0.3, -0.25) is 9.89 Å². The van der Waals surface area contributed by atoms with Crippen LogP contribution in [0.4, 0.5) is 0 Å². The average Bonchev–Trinajstić information content (AvgIpc) is 2.33. The Morgan fingerprint density at radius 1 is 1.35 bits per heavy atom. The normalized spacial score (nSPS) is 20.7. The first-order valence-corrected chi connectivity index (χ1v) is 7.34. The van der Waals surface area contributed by atoms with Gasteiger partial charge >= 0.3 is 0 Å². The van der Waals surface area contributed by atoms with E-state index in [0.717, 1.165) is 32.8 Å². The Bertz CT molecular complexity index is 289. The van der Waals surface area contributed by atoms with Crippen LogP contribution >= 0.6 is 24.0 Å². The fourth-order valence-electron chi connectivity index (χ4n) is 2.52. The van der Waals surface area contributed by atoms with E-state index in [0.29, 0.717) is 18.0 Å². The molecule has 1 fully saturated rings. The monoisotopic (exact) mass is 398 g/mol. The fraction of sp³-hybridized carbons (Fsp3) is 0.929. The molecule has 0 aliphatic carbocycles. The van der Waals surface area contributed by atoms with Gasteiger partial charge in [-0.1, -0.05) is 0 Å². The molecular weight excluding hydrogens is 367 g/mol. The largest absolute Gasteiger partial charge is 0.375 e. The van der Waals surface area contributed by atoms with Gasteiger partial charge in [0.15, 0.2) is 5.96 Å². The summed E-state index contributed by atoms with van der Waals surface area (Å²) in [6.45, 7) is 15.1. The third kappa shape index (κ3) is 6.58. The predicted molar refractivity (Wildman–Crippen MR) is 95.9 cm³/mol. The van der Waals surface area contributed by atoms with Crippen LogP contribution in [0.3, 0.4) is 0 Å². The summed E-state index contributed by atoms with van der Waals surface area (Å²) in [5, 5.41) is 0. The SMILES string of the molecule is CC1CN(C(N)=NCCN(C(C)C)C(C)C)CCO1.I. The third-order valence-electron chi connectivity index (χ3n) is 3.52. The zero-order chi connectivity index (χ0) is 14.4. The van der Waals surface area contributed by atoms with Crippen LogP contribution in [0, 0.1) is 0 Å². The number of halogens is 1. The van der Waals surface area contributed by atoms with Crippen molar-refractivity contribution in [1.29, 1.82) is 0 Å². The molecule has 6 heteroatoms. The molecule has 1 aliphatic heterocycles. The predicted octanol–water partition coefficient (Wildman–Crippen LogP) is 1.76. The summed E-state index contributed by atoms with van der Waals surface area (Å²) in [5.74, 6) is 0.655. The molecule has 120 valence electrons. The molecule has 0 spiro atoms. The van der Waals surface area contributed by atoms with E-state index in [2.05, 4.69) is 49.4 Å². The molecule has 5 nitrogen and oxygen atoms in total. The molecule has 0 saturated carbocycles. The Kier molecular flexibility index (Phi) is 9.74. The molecule has 2 N–H and O–H groups in total. The van der Waals surface area contributed by atoms with Gasteiger partial charge in [0.05, 0.1) is 19.3 Å². The summed E-state index contributed by atoms with van der Waals surface area (Å²) < 4.78 is 5.50. The minimum absolute atomic E-state index is 0. The van der Waals surface area contributed by atoms with Gasteiger partial charge in [0.2, 0.25) is 0 Å². The fourth-order valence-corrected chi connectivity index (χ4v) is 2.52. The van der Waals surface area contributed by atoms with Crippen LogP contribution in [0.5, 0.6) is 0 Å². The lowest BCUT2D eigenvalue weighted by molar-refractivity contribution is 0.00528. The van der Waals surface area contributed by atoms with Crippen LogP contribution in [-0.2, 0) is 4.74 Å². The highest BCUT2D eigenvalue weighted by Gasteiger charge is 2.18. The highest BCUT2D eigenvalue weighted by Crippen LogP contribution is 2.05. The third-order valence-corrected chi connectivity index (χ3v) is 3.52. The van der Waals surface area contributed by atoms with E-state index >= 15 is 0 Å². The van der Waals surface area contributed by atoms with Gasteiger partial charge in [0.1, 0.15) is 0 Å². The molecular formula is C14H31IN4O. The first-order chi connectivity index (χ1) is 8.91. The number of rotatable bonds is 5. The zero-order valence-electron chi connectivity index (χ0n) is 13.5. The lowest BCUT2D eigenvalue weighted by Crippen LogP contribution is -2.48. The standard InChI is InChI=1S/C14H30N4O.HI/c1-11(2)18(12(3)4)7-6-16-14(15)17-8-9-19-13(5)10-17;/h11-13H,6-10H2,1-5H3,(H2,15,16);1H. The zero-order valence-corrected chi connectivity index (χ0v) is 15.8. The Hall–Kier alpha value is -0.0800. The number of hydrogen-bond acceptors (Lipinski definition) is 3. The molecule has 20 heavy (non-hydrogen) atoms. The lowest BCUT2D eigenvalue weighted by atomic mass is 10.2. The first kappa shape index (κ1) is 19.9. The number of ether oxygens (including phenoxy) is 1. The quantitative estimate of drug-likeness (QED) is 0.436. The van der Waals surface area contributed by atoms with Crippen molar-refractivity contribution in [1.82, 2.24) is 9.80 Å². The van der Waals surface area contributed by atoms with Gasteiger partial charge in [-0.2, -0.15) is 0 Å². The Morgan fingerprint density at radius 2 is 1.95 bits per heavy atom. The summed E-state index contributed by atoms with van der Waals surface area (Å²) in [4.78, 5) is 9.05. The van der Waals surface area contributed by atoms with E-state index in [1.807, 2.05) is 0 Å². The van der Waals surface area contributed by atoms with Gasteiger partial charge in [-0.15, -0.1) is 24.0 Å². The molecule has 1 saturated heterocycles. The van der Waals surface area contributed by atoms with Crippen LogP contribution in [0.1, 0.15) is 34.6 Å². The highest BCUT2D eigenvalue weighted by molar-refractivity contribution is 14.0. The number of hydrogen-bond donors (Lipinski definition) is 1. The number of morpholine rings is 1. The van der Waals surface area contributed by atoms with E-state index in [1.165, 1.54) is 0 Å². The van der Waals surface area contributed by atoms with Gasteiger partial charge in [-0.05, 0) is 34.6 Å². The van der Waals surface area contributed by atoms with Crippen molar-refractivity contribution in [3.8, 4) is 0 Å². The maximum Gasteiger partial charge on any atom is 0.191 e. The van der Waals surface area contributed by atoms with Crippen molar-refractivity contribution in [3.05, 3.63) is 0 Å². The van der Waals surface area contributed by atoms with Crippen LogP contribution in [-0.4, -0.2) is 66.7 Å². The Labute approximate surface area is 140 Å². The van der Waals surface area contributed by atoms with Gasteiger partial charge in [0.25, 0.3) is 0 Å². The lowest BCUT2D eigenvalue weighted by Gasteiger charge is -2.32. The van der Waals surface area contributed by atoms with E-state index in [9.17, 15) is 0 Å². The molecule has 1 unspecified atom stereocenters. The summed E-state index contributed by atoms with van der Waals surface area (Å²) in [7, 11) is 0. The first-order valence-electron chi connectivity index (χ1n) is 7.34. The maximum atomic E-state index is 6.05. The molecule has 0 amide bonds. The van der Waals surface area contributed by atoms with Gasteiger partial charge in [-0.25, -0.2) is 0 Å². The molecule has 0 aromatic heterocycles. The van der Waals surface area contributed by atoms with E-state index in [-0.39, 0.29) is 30.1 Å². The van der Waals surface area contributed by atoms with Crippen molar-refractivity contribution >= 4 is 29.9 Å². The van der Waals surface area contributed by atoms with Crippen LogP contribution in [0.15, 0.2) is 4.99 Å².